The molecule has 0 radical (unpaired) electrons. The molecule has 2 aromatic rings. The summed E-state index contributed by atoms with van der Waals surface area (Å²) in [6.07, 6.45) is 2.22. The van der Waals surface area contributed by atoms with Crippen LogP contribution in [-0.4, -0.2) is 37.7 Å². The maximum absolute atomic E-state index is 12.6. The maximum Gasteiger partial charge on any atom is 0.284 e. The van der Waals surface area contributed by atoms with E-state index < -0.39 is 10.5 Å². The number of nitrogens with one attached hydrogen (secondary N) is 1. The zero-order valence-corrected chi connectivity index (χ0v) is 16.6. The highest BCUT2D eigenvalue weighted by Gasteiger charge is 2.27. The second kappa shape index (κ2) is 8.49. The lowest BCUT2D eigenvalue weighted by atomic mass is 9.90. The smallest absolute Gasteiger partial charge is 0.284 e. The van der Waals surface area contributed by atoms with Crippen molar-refractivity contribution in [2.24, 2.45) is 18.7 Å². The van der Waals surface area contributed by atoms with Crippen LogP contribution in [-0.2, 0) is 7.05 Å². The number of nitrogens with two attached hydrogens (primary N) is 1. The van der Waals surface area contributed by atoms with Crippen LogP contribution in [0.5, 0.6) is 0 Å². The van der Waals surface area contributed by atoms with Gasteiger partial charge < -0.3 is 15.6 Å². The van der Waals surface area contributed by atoms with Gasteiger partial charge in [-0.15, -0.1) is 10.2 Å². The van der Waals surface area contributed by atoms with Gasteiger partial charge in [-0.1, -0.05) is 13.8 Å². The van der Waals surface area contributed by atoms with E-state index in [9.17, 15) is 14.9 Å². The number of rotatable bonds is 8. The lowest BCUT2D eigenvalue weighted by molar-refractivity contribution is -0.387. The molecule has 0 bridgehead atoms. The average molecular weight is 392 g/mol. The Morgan fingerprint density at radius 2 is 2.19 bits per heavy atom. The van der Waals surface area contributed by atoms with Gasteiger partial charge in [-0.25, -0.2) is 0 Å². The molecule has 146 valence electrons. The molecular formula is C17H24N6O3S. The molecule has 9 nitrogen and oxygen atoms in total. The highest BCUT2D eigenvalue weighted by molar-refractivity contribution is 7.99. The van der Waals surface area contributed by atoms with Gasteiger partial charge in [-0.05, 0) is 43.2 Å². The van der Waals surface area contributed by atoms with Gasteiger partial charge in [0.1, 0.15) is 6.33 Å². The topological polar surface area (TPSA) is 129 Å². The summed E-state index contributed by atoms with van der Waals surface area (Å²) in [6.45, 7) is 6.24. The Bertz CT molecular complexity index is 838. The van der Waals surface area contributed by atoms with Crippen molar-refractivity contribution in [1.82, 2.24) is 20.1 Å². The molecule has 1 unspecified atom stereocenters. The molecule has 0 aliphatic rings. The molecule has 1 aromatic carbocycles. The van der Waals surface area contributed by atoms with Crippen LogP contribution in [0.2, 0.25) is 0 Å². The summed E-state index contributed by atoms with van der Waals surface area (Å²) in [4.78, 5) is 24.0. The first-order valence-corrected chi connectivity index (χ1v) is 9.29. The van der Waals surface area contributed by atoms with E-state index in [1.165, 1.54) is 12.4 Å². The number of hydrogen-bond acceptors (Lipinski definition) is 7. The lowest BCUT2D eigenvalue weighted by Crippen LogP contribution is -2.52. The Morgan fingerprint density at radius 3 is 2.70 bits per heavy atom. The van der Waals surface area contributed by atoms with E-state index in [1.807, 2.05) is 20.8 Å². The van der Waals surface area contributed by atoms with Crippen molar-refractivity contribution in [2.75, 3.05) is 6.54 Å². The van der Waals surface area contributed by atoms with E-state index in [-0.39, 0.29) is 23.7 Å². The largest absolute Gasteiger partial charge is 0.346 e. The van der Waals surface area contributed by atoms with Crippen LogP contribution in [0.25, 0.3) is 0 Å². The molecule has 27 heavy (non-hydrogen) atoms. The fraction of sp³-hybridized carbons (Fsp3) is 0.471. The third-order valence-electron chi connectivity index (χ3n) is 4.01. The number of aryl methyl sites for hydroxylation is 1. The third kappa shape index (κ3) is 5.27. The Hall–Kier alpha value is -2.46. The Labute approximate surface area is 161 Å². The number of benzene rings is 1. The number of nitrogens with zero attached hydrogens (tertiary/aromatic N) is 4. The fourth-order valence-electron chi connectivity index (χ4n) is 2.78. The quantitative estimate of drug-likeness (QED) is 0.521. The van der Waals surface area contributed by atoms with Crippen molar-refractivity contribution in [3.8, 4) is 0 Å². The summed E-state index contributed by atoms with van der Waals surface area (Å²) >= 11 is 1.12. The van der Waals surface area contributed by atoms with Crippen LogP contribution in [0.4, 0.5) is 5.69 Å². The van der Waals surface area contributed by atoms with E-state index >= 15 is 0 Å². The van der Waals surface area contributed by atoms with E-state index in [2.05, 4.69) is 15.5 Å². The monoisotopic (exact) mass is 392 g/mol. The Kier molecular flexibility index (Phi) is 6.55. The molecular weight excluding hydrogens is 368 g/mol. The van der Waals surface area contributed by atoms with Crippen molar-refractivity contribution in [2.45, 2.75) is 42.8 Å². The number of amides is 1. The molecule has 0 fully saturated rings. The van der Waals surface area contributed by atoms with Gasteiger partial charge >= 0.3 is 0 Å². The van der Waals surface area contributed by atoms with Gasteiger partial charge in [0.05, 0.1) is 9.82 Å². The van der Waals surface area contributed by atoms with Crippen molar-refractivity contribution < 1.29 is 9.72 Å². The second-order valence-corrected chi connectivity index (χ2v) is 8.09. The molecule has 3 N–H and O–H groups in total. The number of hydrogen-bond donors (Lipinski definition) is 2. The van der Waals surface area contributed by atoms with Gasteiger partial charge in [0.2, 0.25) is 0 Å². The molecule has 0 saturated heterocycles. The Balaban J connectivity index is 2.28. The molecule has 1 heterocycles. The van der Waals surface area contributed by atoms with Crippen molar-refractivity contribution in [3.63, 3.8) is 0 Å². The predicted molar refractivity (Wildman–Crippen MR) is 103 cm³/mol. The summed E-state index contributed by atoms with van der Waals surface area (Å²) in [5, 5.41) is 22.6. The van der Waals surface area contributed by atoms with Gasteiger partial charge in [0.15, 0.2) is 5.16 Å². The molecule has 1 amide bonds. The van der Waals surface area contributed by atoms with Crippen LogP contribution < -0.4 is 11.1 Å². The normalized spacial score (nSPS) is 13.4. The molecule has 0 spiro atoms. The number of nitro benzene ring substituents is 1. The zero-order chi connectivity index (χ0) is 20.2. The van der Waals surface area contributed by atoms with Crippen LogP contribution in [0.15, 0.2) is 34.6 Å². The summed E-state index contributed by atoms with van der Waals surface area (Å²) in [5.41, 5.74) is 5.31. The first-order valence-electron chi connectivity index (χ1n) is 8.48. The van der Waals surface area contributed by atoms with Gasteiger partial charge in [0, 0.05) is 30.8 Å². The van der Waals surface area contributed by atoms with Crippen LogP contribution in [0.1, 0.15) is 37.6 Å². The summed E-state index contributed by atoms with van der Waals surface area (Å²) in [5.74, 6) is -0.0414. The van der Waals surface area contributed by atoms with Crippen molar-refractivity contribution >= 4 is 23.4 Å². The third-order valence-corrected chi connectivity index (χ3v) is 5.13. The van der Waals surface area contributed by atoms with E-state index in [4.69, 9.17) is 5.73 Å². The van der Waals surface area contributed by atoms with E-state index in [0.717, 1.165) is 11.8 Å². The SMILES string of the molecule is CC(C)CC(C)(CN)NC(=O)c1ccc(Sc2nncn2C)c([N+](=O)[O-])c1. The van der Waals surface area contributed by atoms with Crippen LogP contribution in [0, 0.1) is 16.0 Å². The van der Waals surface area contributed by atoms with Crippen LogP contribution in [0.3, 0.4) is 0 Å². The second-order valence-electron chi connectivity index (χ2n) is 7.08. The number of aromatic nitrogens is 3. The summed E-state index contributed by atoms with van der Waals surface area (Å²) in [7, 11) is 1.75. The number of nitro groups is 1. The Morgan fingerprint density at radius 1 is 1.48 bits per heavy atom. The van der Waals surface area contributed by atoms with Gasteiger partial charge in [-0.2, -0.15) is 0 Å². The molecule has 1 atom stereocenters. The minimum atomic E-state index is -0.577. The zero-order valence-electron chi connectivity index (χ0n) is 15.8. The van der Waals surface area contributed by atoms with Gasteiger partial charge in [-0.3, -0.25) is 14.9 Å². The summed E-state index contributed by atoms with van der Waals surface area (Å²) in [6, 6.07) is 4.39. The minimum Gasteiger partial charge on any atom is -0.346 e. The predicted octanol–water partition coefficient (Wildman–Crippen LogP) is 2.37. The first kappa shape index (κ1) is 20.8. The average Bonchev–Trinajstić information content (AvgIpc) is 2.99. The molecule has 0 aliphatic carbocycles. The van der Waals surface area contributed by atoms with Crippen molar-refractivity contribution in [3.05, 3.63) is 40.2 Å². The molecule has 0 aliphatic heterocycles. The summed E-state index contributed by atoms with van der Waals surface area (Å²) < 4.78 is 1.66. The highest BCUT2D eigenvalue weighted by Crippen LogP contribution is 2.34. The lowest BCUT2D eigenvalue weighted by Gasteiger charge is -2.31. The molecule has 0 saturated carbocycles. The van der Waals surface area contributed by atoms with E-state index in [1.54, 1.807) is 23.7 Å². The number of carbonyl (C=O) groups is 1. The molecule has 2 rings (SSSR count). The first-order chi connectivity index (χ1) is 12.6. The maximum atomic E-state index is 12.6. The number of carbonyl (C=O) groups excluding carboxylic acids is 1. The van der Waals surface area contributed by atoms with Crippen molar-refractivity contribution in [1.29, 1.82) is 0 Å². The highest BCUT2D eigenvalue weighted by atomic mass is 32.2. The molecule has 10 heteroatoms. The fourth-order valence-corrected chi connectivity index (χ4v) is 3.63. The molecule has 1 aromatic heterocycles. The minimum absolute atomic E-state index is 0.158. The standard InChI is InChI=1S/C17H24N6O3S/c1-11(2)8-17(3,9-18)20-15(24)12-5-6-14(13(7-12)23(25)26)27-16-21-19-10-22(16)4/h5-7,10-11H,8-9,18H2,1-4H3,(H,20,24). The van der Waals surface area contributed by atoms with E-state index in [0.29, 0.717) is 22.4 Å². The van der Waals surface area contributed by atoms with Gasteiger partial charge in [0.25, 0.3) is 11.6 Å². The van der Waals surface area contributed by atoms with Crippen LogP contribution >= 0.6 is 11.8 Å².